The van der Waals surface area contributed by atoms with E-state index >= 15 is 0 Å². The Morgan fingerprint density at radius 1 is 1.10 bits per heavy atom. The van der Waals surface area contributed by atoms with Crippen molar-refractivity contribution in [3.8, 4) is 0 Å². The summed E-state index contributed by atoms with van der Waals surface area (Å²) in [6.45, 7) is 2.81. The third-order valence-electron chi connectivity index (χ3n) is 5.15. The van der Waals surface area contributed by atoms with E-state index in [1.54, 1.807) is 7.05 Å². The van der Waals surface area contributed by atoms with E-state index in [2.05, 4.69) is 15.6 Å². The minimum absolute atomic E-state index is 0. The lowest BCUT2D eigenvalue weighted by Gasteiger charge is -2.26. The highest BCUT2D eigenvalue weighted by Crippen LogP contribution is 2.24. The minimum Gasteiger partial charge on any atom is -0.352 e. The zero-order valence-corrected chi connectivity index (χ0v) is 21.1. The molecule has 1 saturated heterocycles. The van der Waals surface area contributed by atoms with Gasteiger partial charge in [-0.1, -0.05) is 35.3 Å². The second-order valence-electron chi connectivity index (χ2n) is 7.17. The Morgan fingerprint density at radius 2 is 1.80 bits per heavy atom. The smallest absolute Gasteiger partial charge is 0.253 e. The average Bonchev–Trinajstić information content (AvgIpc) is 3.01. The van der Waals surface area contributed by atoms with Crippen LogP contribution in [0.2, 0.25) is 10.2 Å². The molecule has 6 nitrogen and oxygen atoms in total. The number of benzene rings is 1. The van der Waals surface area contributed by atoms with E-state index in [0.29, 0.717) is 29.2 Å². The highest BCUT2D eigenvalue weighted by Gasteiger charge is 2.18. The fourth-order valence-electron chi connectivity index (χ4n) is 3.43. The number of amides is 1. The largest absolute Gasteiger partial charge is 0.352 e. The van der Waals surface area contributed by atoms with Gasteiger partial charge in [-0.05, 0) is 43.0 Å². The number of aromatic nitrogens is 1. The number of nitrogens with zero attached hydrogens (tertiary/aromatic N) is 3. The van der Waals surface area contributed by atoms with E-state index in [-0.39, 0.29) is 29.9 Å². The number of piperidine rings is 1. The molecule has 2 heterocycles. The van der Waals surface area contributed by atoms with Crippen molar-refractivity contribution >= 4 is 59.0 Å². The van der Waals surface area contributed by atoms with Crippen molar-refractivity contribution in [2.45, 2.75) is 32.4 Å². The zero-order chi connectivity index (χ0) is 20.8. The average molecular weight is 564 g/mol. The van der Waals surface area contributed by atoms with E-state index in [0.717, 1.165) is 42.8 Å². The van der Waals surface area contributed by atoms with Crippen LogP contribution >= 0.6 is 47.2 Å². The molecule has 0 saturated carbocycles. The van der Waals surface area contributed by atoms with Gasteiger partial charge in [0.05, 0.1) is 11.6 Å². The van der Waals surface area contributed by atoms with Crippen LogP contribution in [0.4, 0.5) is 0 Å². The van der Waals surface area contributed by atoms with E-state index in [9.17, 15) is 4.79 Å². The van der Waals surface area contributed by atoms with Crippen molar-refractivity contribution in [2.75, 3.05) is 20.1 Å². The molecule has 0 bridgehead atoms. The summed E-state index contributed by atoms with van der Waals surface area (Å²) in [6, 6.07) is 9.60. The van der Waals surface area contributed by atoms with Crippen molar-refractivity contribution in [3.63, 3.8) is 0 Å². The molecular formula is C21H28Cl2IN5O. The number of hydrogen-bond donors (Lipinski definition) is 2. The number of carbonyl (C=O) groups is 1. The van der Waals surface area contributed by atoms with Crippen LogP contribution in [0.5, 0.6) is 0 Å². The molecule has 1 aromatic carbocycles. The van der Waals surface area contributed by atoms with Gasteiger partial charge in [-0.25, -0.2) is 0 Å². The van der Waals surface area contributed by atoms with Crippen LogP contribution in [0, 0.1) is 0 Å². The first-order valence-corrected chi connectivity index (χ1v) is 10.6. The molecule has 2 aromatic rings. The van der Waals surface area contributed by atoms with Gasteiger partial charge >= 0.3 is 0 Å². The van der Waals surface area contributed by atoms with Crippen molar-refractivity contribution in [3.05, 3.63) is 57.3 Å². The quantitative estimate of drug-likeness (QED) is 0.321. The Morgan fingerprint density at radius 3 is 2.43 bits per heavy atom. The summed E-state index contributed by atoms with van der Waals surface area (Å²) in [4.78, 5) is 18.9. The highest BCUT2D eigenvalue weighted by molar-refractivity contribution is 14.0. The first-order valence-electron chi connectivity index (χ1n) is 9.82. The van der Waals surface area contributed by atoms with Crippen LogP contribution in [0.1, 0.15) is 40.9 Å². The summed E-state index contributed by atoms with van der Waals surface area (Å²) in [5.41, 5.74) is 2.72. The van der Waals surface area contributed by atoms with Crippen molar-refractivity contribution < 1.29 is 4.79 Å². The van der Waals surface area contributed by atoms with Crippen LogP contribution in [0.3, 0.4) is 0 Å². The maximum Gasteiger partial charge on any atom is 0.253 e. The Balaban J connectivity index is 0.00000320. The number of hydrogen-bond acceptors (Lipinski definition) is 2. The summed E-state index contributed by atoms with van der Waals surface area (Å²) in [5, 5.41) is 7.58. The number of nitrogens with one attached hydrogen (secondary N) is 2. The molecule has 0 atom stereocenters. The van der Waals surface area contributed by atoms with Gasteiger partial charge in [0.15, 0.2) is 5.96 Å². The summed E-state index contributed by atoms with van der Waals surface area (Å²) in [7, 11) is 3.59. The van der Waals surface area contributed by atoms with Crippen LogP contribution in [-0.4, -0.2) is 41.5 Å². The molecule has 1 fully saturated rings. The monoisotopic (exact) mass is 563 g/mol. The molecule has 1 aromatic heterocycles. The highest BCUT2D eigenvalue weighted by atomic mass is 127. The van der Waals surface area contributed by atoms with Crippen LogP contribution in [0.15, 0.2) is 35.3 Å². The van der Waals surface area contributed by atoms with Gasteiger partial charge in [0.1, 0.15) is 5.15 Å². The fourth-order valence-corrected chi connectivity index (χ4v) is 3.85. The molecule has 1 aliphatic heterocycles. The van der Waals surface area contributed by atoms with Crippen LogP contribution in [-0.2, 0) is 20.1 Å². The van der Waals surface area contributed by atoms with Gasteiger partial charge in [-0.2, -0.15) is 0 Å². The molecule has 9 heteroatoms. The predicted octanol–water partition coefficient (Wildman–Crippen LogP) is 4.44. The molecule has 3 rings (SSSR count). The molecule has 0 spiro atoms. The Bertz CT molecular complexity index is 894. The van der Waals surface area contributed by atoms with Gasteiger partial charge < -0.3 is 20.1 Å². The topological polar surface area (TPSA) is 61.7 Å². The Labute approximate surface area is 205 Å². The third kappa shape index (κ3) is 6.28. The molecule has 2 N–H and O–H groups in total. The fraction of sp³-hybridized carbons (Fsp3) is 0.429. The number of likely N-dealkylation sites (tertiary alicyclic amines) is 1. The maximum absolute atomic E-state index is 12.7. The molecule has 164 valence electrons. The van der Waals surface area contributed by atoms with E-state index in [1.165, 1.54) is 6.42 Å². The molecule has 30 heavy (non-hydrogen) atoms. The van der Waals surface area contributed by atoms with Crippen molar-refractivity contribution in [1.82, 2.24) is 20.1 Å². The van der Waals surface area contributed by atoms with Gasteiger partial charge in [0.25, 0.3) is 5.91 Å². The molecule has 1 amide bonds. The number of aliphatic imine (C=N–C) groups is 1. The summed E-state index contributed by atoms with van der Waals surface area (Å²) >= 11 is 12.2. The molecular weight excluding hydrogens is 536 g/mol. The zero-order valence-electron chi connectivity index (χ0n) is 17.3. The van der Waals surface area contributed by atoms with E-state index in [1.807, 2.05) is 46.8 Å². The van der Waals surface area contributed by atoms with Crippen molar-refractivity contribution in [2.24, 2.45) is 12.0 Å². The van der Waals surface area contributed by atoms with Crippen molar-refractivity contribution in [1.29, 1.82) is 0 Å². The molecule has 1 aliphatic rings. The van der Waals surface area contributed by atoms with Gasteiger partial charge in [-0.15, -0.1) is 24.0 Å². The number of carbonyl (C=O) groups excluding carboxylic acids is 1. The molecule has 0 radical (unpaired) electrons. The lowest BCUT2D eigenvalue weighted by molar-refractivity contribution is 0.0724. The second kappa shape index (κ2) is 11.8. The summed E-state index contributed by atoms with van der Waals surface area (Å²) < 4.78 is 1.83. The number of rotatable bonds is 5. The SMILES string of the molecule is CN=C(NCc1cccc(C(=O)N2CCCCC2)c1)NCc1cc(Cl)c(Cl)n1C.I. The van der Waals surface area contributed by atoms with Crippen LogP contribution < -0.4 is 10.6 Å². The molecule has 0 aliphatic carbocycles. The van der Waals surface area contributed by atoms with Gasteiger partial charge in [0.2, 0.25) is 0 Å². The lowest BCUT2D eigenvalue weighted by atomic mass is 10.1. The van der Waals surface area contributed by atoms with Gasteiger partial charge in [0, 0.05) is 45.0 Å². The van der Waals surface area contributed by atoms with Gasteiger partial charge in [-0.3, -0.25) is 9.79 Å². The second-order valence-corrected chi connectivity index (χ2v) is 7.93. The first kappa shape index (κ1) is 24.8. The van der Waals surface area contributed by atoms with E-state index < -0.39 is 0 Å². The minimum atomic E-state index is 0. The standard InChI is InChI=1S/C21H27Cl2N5O.HI/c1-24-21(26-14-17-12-18(22)19(23)27(17)2)25-13-15-7-6-8-16(11-15)20(29)28-9-4-3-5-10-28;/h6-8,11-12H,3-5,9-10,13-14H2,1-2H3,(H2,24,25,26);1H. The first-order chi connectivity index (χ1) is 14.0. The van der Waals surface area contributed by atoms with Crippen LogP contribution in [0.25, 0.3) is 0 Å². The normalized spacial score (nSPS) is 14.3. The lowest BCUT2D eigenvalue weighted by Crippen LogP contribution is -2.37. The summed E-state index contributed by atoms with van der Waals surface area (Å²) in [6.07, 6.45) is 3.39. The van der Waals surface area contributed by atoms with E-state index in [4.69, 9.17) is 23.2 Å². The third-order valence-corrected chi connectivity index (χ3v) is 6.00. The summed E-state index contributed by atoms with van der Waals surface area (Å²) in [5.74, 6) is 0.776. The molecule has 0 unspecified atom stereocenters. The maximum atomic E-state index is 12.7. The Kier molecular flexibility index (Phi) is 9.77. The Hall–Kier alpha value is -1.45. The predicted molar refractivity (Wildman–Crippen MR) is 134 cm³/mol. The number of guanidine groups is 1. The number of halogens is 3.